The van der Waals surface area contributed by atoms with Crippen molar-refractivity contribution in [2.24, 2.45) is 0 Å². The van der Waals surface area contributed by atoms with Crippen molar-refractivity contribution in [3.8, 4) is 0 Å². The number of thioether (sulfide) groups is 1. The fraction of sp³-hybridized carbons (Fsp3) is 1.00. The summed E-state index contributed by atoms with van der Waals surface area (Å²) >= 11 is 1.72. The number of ether oxygens (including phenoxy) is 6. The molecule has 0 N–H and O–H groups in total. The molecule has 0 saturated carbocycles. The van der Waals surface area contributed by atoms with E-state index in [0.717, 1.165) is 0 Å². The summed E-state index contributed by atoms with van der Waals surface area (Å²) < 4.78 is 69.5. The van der Waals surface area contributed by atoms with Crippen LogP contribution in [0.15, 0.2) is 0 Å². The highest BCUT2D eigenvalue weighted by molar-refractivity contribution is 7.99. The Morgan fingerprint density at radius 1 is 0.544 bits per heavy atom. The highest BCUT2D eigenvalue weighted by Gasteiger charge is 2.62. The summed E-state index contributed by atoms with van der Waals surface area (Å²) in [5.41, 5.74) is -0.371. The molecule has 4 heterocycles. The smallest absolute Gasteiger partial charge is 0.192 e. The van der Waals surface area contributed by atoms with Crippen molar-refractivity contribution >= 4 is 45.0 Å². The van der Waals surface area contributed by atoms with E-state index in [9.17, 15) is 0 Å². The fourth-order valence-corrected chi connectivity index (χ4v) is 12.9. The van der Waals surface area contributed by atoms with Crippen LogP contribution in [0.1, 0.15) is 111 Å². The molecule has 336 valence electrons. The Balaban J connectivity index is 1.80. The normalized spacial score (nSPS) is 33.4. The zero-order valence-electron chi connectivity index (χ0n) is 40.7. The molecule has 0 spiro atoms. The molecule has 4 rings (SSSR count). The van der Waals surface area contributed by atoms with Gasteiger partial charge in [0.1, 0.15) is 42.1 Å². The highest BCUT2D eigenvalue weighted by atomic mass is 32.2. The first kappa shape index (κ1) is 50.5. The largest absolute Gasteiger partial charge is 0.414 e. The predicted molar refractivity (Wildman–Crippen MR) is 243 cm³/mol. The van der Waals surface area contributed by atoms with Gasteiger partial charge in [0.25, 0.3) is 0 Å². The van der Waals surface area contributed by atoms with Crippen molar-refractivity contribution < 1.29 is 46.1 Å². The lowest BCUT2D eigenvalue weighted by molar-refractivity contribution is -0.228. The van der Waals surface area contributed by atoms with Gasteiger partial charge in [-0.3, -0.25) is 0 Å². The number of hydrogen-bond acceptors (Lipinski definition) is 11. The summed E-state index contributed by atoms with van der Waals surface area (Å²) in [7, 11) is -9.22. The molecule has 0 bridgehead atoms. The maximum Gasteiger partial charge on any atom is 0.192 e. The topological polar surface area (TPSA) is 92.3 Å². The van der Waals surface area contributed by atoms with Crippen LogP contribution in [0.2, 0.25) is 72.5 Å². The minimum absolute atomic E-state index is 0.0216. The minimum Gasteiger partial charge on any atom is -0.414 e. The molecule has 10 atom stereocenters. The van der Waals surface area contributed by atoms with Gasteiger partial charge in [-0.2, -0.15) is 0 Å². The molecule has 15 heteroatoms. The van der Waals surface area contributed by atoms with Gasteiger partial charge in [0.2, 0.25) is 0 Å². The summed E-state index contributed by atoms with van der Waals surface area (Å²) in [5.74, 6) is -0.999. The molecule has 0 amide bonds. The highest BCUT2D eigenvalue weighted by Crippen LogP contribution is 2.50. The van der Waals surface area contributed by atoms with Crippen LogP contribution in [0.25, 0.3) is 0 Å². The van der Waals surface area contributed by atoms with Gasteiger partial charge in [-0.15, -0.1) is 11.8 Å². The first-order valence-electron chi connectivity index (χ1n) is 21.5. The third-order valence-corrected chi connectivity index (χ3v) is 33.6. The second-order valence-electron chi connectivity index (χ2n) is 24.2. The maximum absolute atomic E-state index is 7.60. The predicted octanol–water partition coefficient (Wildman–Crippen LogP) is 11.0. The molecular weight excluding hydrogens is 809 g/mol. The maximum atomic E-state index is 7.60. The van der Waals surface area contributed by atoms with Gasteiger partial charge in [-0.05, 0) is 100 Å². The van der Waals surface area contributed by atoms with Crippen LogP contribution in [0.3, 0.4) is 0 Å². The number of fused-ring (bicyclic) bond motifs is 3. The number of rotatable bonds is 13. The molecule has 0 aromatic heterocycles. The average molecular weight is 896 g/mol. The van der Waals surface area contributed by atoms with Gasteiger partial charge >= 0.3 is 0 Å². The van der Waals surface area contributed by atoms with E-state index in [4.69, 9.17) is 46.1 Å². The lowest BCUT2D eigenvalue weighted by Crippen LogP contribution is -2.58. The van der Waals surface area contributed by atoms with Crippen LogP contribution in [0.4, 0.5) is 0 Å². The second kappa shape index (κ2) is 16.4. The molecular formula is C42H86O10SSi4. The van der Waals surface area contributed by atoms with Crippen molar-refractivity contribution in [1.29, 1.82) is 0 Å². The van der Waals surface area contributed by atoms with E-state index in [1.54, 1.807) is 11.8 Å². The summed E-state index contributed by atoms with van der Waals surface area (Å²) in [5, 5.41) is -0.0589. The molecule has 0 radical (unpaired) electrons. The van der Waals surface area contributed by atoms with Crippen LogP contribution >= 0.6 is 11.8 Å². The molecule has 4 aliphatic heterocycles. The van der Waals surface area contributed by atoms with Crippen molar-refractivity contribution in [2.75, 3.05) is 12.4 Å². The van der Waals surface area contributed by atoms with E-state index < -0.39 is 57.2 Å². The van der Waals surface area contributed by atoms with E-state index in [1.807, 2.05) is 27.7 Å². The molecule has 0 aromatic rings. The summed E-state index contributed by atoms with van der Waals surface area (Å²) in [6.07, 6.45) is -3.47. The second-order valence-corrected chi connectivity index (χ2v) is 44.4. The minimum atomic E-state index is -2.37. The molecule has 4 fully saturated rings. The quantitative estimate of drug-likeness (QED) is 0.166. The van der Waals surface area contributed by atoms with Crippen molar-refractivity contribution in [2.45, 2.75) is 255 Å². The summed E-state index contributed by atoms with van der Waals surface area (Å²) in [6.45, 7) is 54.3. The fourth-order valence-electron chi connectivity index (χ4n) is 6.65. The van der Waals surface area contributed by atoms with Gasteiger partial charge in [-0.25, -0.2) is 0 Å². The van der Waals surface area contributed by atoms with Crippen LogP contribution in [-0.2, 0) is 46.1 Å². The van der Waals surface area contributed by atoms with E-state index in [-0.39, 0.29) is 68.3 Å². The molecule has 4 saturated heterocycles. The Kier molecular flexibility index (Phi) is 14.5. The van der Waals surface area contributed by atoms with Gasteiger partial charge in [0.15, 0.2) is 51.1 Å². The van der Waals surface area contributed by atoms with Crippen molar-refractivity contribution in [3.05, 3.63) is 0 Å². The Labute approximate surface area is 357 Å². The van der Waals surface area contributed by atoms with Crippen LogP contribution in [0, 0.1) is 0 Å². The number of hydrogen-bond donors (Lipinski definition) is 0. The monoisotopic (exact) mass is 895 g/mol. The van der Waals surface area contributed by atoms with E-state index in [2.05, 4.69) is 135 Å². The zero-order chi connectivity index (χ0) is 44.0. The Morgan fingerprint density at radius 2 is 0.982 bits per heavy atom. The molecule has 0 aliphatic carbocycles. The first-order chi connectivity index (χ1) is 25.2. The van der Waals surface area contributed by atoms with Gasteiger partial charge in [0.05, 0.1) is 18.8 Å². The Hall–Kier alpha value is 0.818. The van der Waals surface area contributed by atoms with Crippen LogP contribution in [-0.4, -0.2) is 118 Å². The summed E-state index contributed by atoms with van der Waals surface area (Å²) in [4.78, 5) is 0. The Morgan fingerprint density at radius 3 is 1.47 bits per heavy atom. The average Bonchev–Trinajstić information content (AvgIpc) is 3.60. The lowest BCUT2D eigenvalue weighted by Gasteiger charge is -2.46. The third-order valence-electron chi connectivity index (χ3n) is 14.4. The SMILES string of the molecule is CC1(C)O[C@H]2[C@@H](O1)[C@@H](CS[C@@H]1O[C@@H]([C@@H](CO[Si](C)(C)C(C)(C)C)O[Si](C)(C)C(C)(C)C)[C@H](O[Si](C)(C)C(C)(C)C)[C@H]1O[Si](C)(C)C(C)(C)C)O[C@@H]1OC(C)(C)O[C@@H]12. The molecule has 0 unspecified atom stereocenters. The standard InChI is InChI=1S/C42H86O10SSi4/c1-37(2,3)54(17,18)43-25-27(50-55(19,20)38(4,5)6)29-32(51-56(21,22)39(7,8)9)34(52-57(23,24)40(10,11)12)36(45-29)53-26-28-30-31(47-41(13,14)46-30)33-35(44-28)49-42(15,16)48-33/h27-36H,25-26H2,1-24H3/t27-,28-,29+,30+,31+,32+,33-,34-,35-,36+/m1/s1. The van der Waals surface area contributed by atoms with E-state index in [1.165, 1.54) is 0 Å². The molecule has 0 aromatic carbocycles. The van der Waals surface area contributed by atoms with E-state index >= 15 is 0 Å². The van der Waals surface area contributed by atoms with Crippen molar-refractivity contribution in [3.63, 3.8) is 0 Å². The molecule has 4 aliphatic rings. The van der Waals surface area contributed by atoms with Crippen LogP contribution in [0.5, 0.6) is 0 Å². The first-order valence-corrected chi connectivity index (χ1v) is 34.2. The van der Waals surface area contributed by atoms with Crippen LogP contribution < -0.4 is 0 Å². The molecule has 10 nitrogen and oxygen atoms in total. The van der Waals surface area contributed by atoms with E-state index in [0.29, 0.717) is 12.4 Å². The lowest BCUT2D eigenvalue weighted by atomic mass is 10.00. The molecule has 57 heavy (non-hydrogen) atoms. The van der Waals surface area contributed by atoms with Gasteiger partial charge < -0.3 is 46.1 Å². The third kappa shape index (κ3) is 11.3. The summed E-state index contributed by atoms with van der Waals surface area (Å²) in [6, 6.07) is 0. The van der Waals surface area contributed by atoms with Gasteiger partial charge in [-0.1, -0.05) is 83.1 Å². The van der Waals surface area contributed by atoms with Gasteiger partial charge in [0, 0.05) is 5.75 Å². The zero-order valence-corrected chi connectivity index (χ0v) is 45.5. The Bertz CT molecular complexity index is 1380. The van der Waals surface area contributed by atoms with Crippen molar-refractivity contribution in [1.82, 2.24) is 0 Å².